The molecule has 4 nitrogen and oxygen atoms in total. The summed E-state index contributed by atoms with van der Waals surface area (Å²) in [6, 6.07) is 17.2. The average Bonchev–Trinajstić information content (AvgIpc) is 2.98. The maximum atomic E-state index is 7.01. The Morgan fingerprint density at radius 1 is 0.975 bits per heavy atom. The SMILES string of the molecule is CCN1c2ccc(OC)cc2C=CC1C/C=C1\CCCC(/C=C/c2ccc3cc(OC)ccc3[n+]2CC)=C1Cl.[Cl-]. The van der Waals surface area contributed by atoms with Crippen LogP contribution in [0.3, 0.4) is 0 Å². The van der Waals surface area contributed by atoms with Crippen LogP contribution in [0.2, 0.25) is 0 Å². The highest BCUT2D eigenvalue weighted by Crippen LogP contribution is 2.36. The third-order valence-electron chi connectivity index (χ3n) is 7.89. The van der Waals surface area contributed by atoms with Crippen molar-refractivity contribution in [3.05, 3.63) is 94.2 Å². The number of likely N-dealkylation sites (N-methyl/N-ethyl adjacent to an activating group) is 1. The number of fused-ring (bicyclic) bond motifs is 2. The fraction of sp³-hybridized carbons (Fsp3) is 0.324. The lowest BCUT2D eigenvalue weighted by molar-refractivity contribution is -0.669. The number of hydrogen-bond acceptors (Lipinski definition) is 3. The lowest BCUT2D eigenvalue weighted by Crippen LogP contribution is -3.00. The molecule has 2 aliphatic rings. The van der Waals surface area contributed by atoms with Gasteiger partial charge >= 0.3 is 0 Å². The first-order valence-corrected chi connectivity index (χ1v) is 14.3. The van der Waals surface area contributed by atoms with Crippen molar-refractivity contribution >= 4 is 40.3 Å². The van der Waals surface area contributed by atoms with Gasteiger partial charge in [0.2, 0.25) is 11.2 Å². The molecule has 2 heterocycles. The first-order valence-electron chi connectivity index (χ1n) is 14.0. The highest BCUT2D eigenvalue weighted by molar-refractivity contribution is 6.32. The van der Waals surface area contributed by atoms with Crippen molar-refractivity contribution in [1.29, 1.82) is 0 Å². The van der Waals surface area contributed by atoms with Crippen LogP contribution in [0.4, 0.5) is 5.69 Å². The van der Waals surface area contributed by atoms with Crippen LogP contribution in [-0.2, 0) is 6.54 Å². The van der Waals surface area contributed by atoms with E-state index in [0.29, 0.717) is 6.04 Å². The zero-order valence-corrected chi connectivity index (χ0v) is 25.3. The standard InChI is InChI=1S/C34H38ClN2O2.ClH/c1-5-36-28(16-12-26-22-30(38-3)18-20-32(26)36)14-10-24-8-7-9-25(34(24)35)11-15-29-17-13-27-23-31(39-4)19-21-33(27)37(29)6-2;/h10-14,16-23,29H,5-9,15H2,1-4H3;1H/q+1;/p-1/b14-10+,25-11+;. The number of benzene rings is 2. The van der Waals surface area contributed by atoms with Crippen LogP contribution >= 0.6 is 11.6 Å². The minimum Gasteiger partial charge on any atom is -1.00 e. The highest BCUT2D eigenvalue weighted by atomic mass is 35.5. The maximum absolute atomic E-state index is 7.01. The minimum atomic E-state index is 0. The van der Waals surface area contributed by atoms with Gasteiger partial charge in [-0.25, -0.2) is 0 Å². The molecule has 210 valence electrons. The van der Waals surface area contributed by atoms with Crippen molar-refractivity contribution in [1.82, 2.24) is 0 Å². The van der Waals surface area contributed by atoms with Crippen molar-refractivity contribution in [3.8, 4) is 11.5 Å². The van der Waals surface area contributed by atoms with Gasteiger partial charge in [-0.2, -0.15) is 4.57 Å². The predicted octanol–water partition coefficient (Wildman–Crippen LogP) is 5.10. The van der Waals surface area contributed by atoms with Gasteiger partial charge in [0.05, 0.1) is 25.6 Å². The lowest BCUT2D eigenvalue weighted by Gasteiger charge is -2.35. The van der Waals surface area contributed by atoms with Crippen molar-refractivity contribution in [2.75, 3.05) is 25.7 Å². The van der Waals surface area contributed by atoms with Crippen LogP contribution in [-0.4, -0.2) is 26.8 Å². The fourth-order valence-corrected chi connectivity index (χ4v) is 6.13. The first-order chi connectivity index (χ1) is 19.1. The molecular weight excluding hydrogens is 539 g/mol. The number of halogens is 2. The Bertz CT molecular complexity index is 1490. The quantitative estimate of drug-likeness (QED) is 0.349. The molecule has 3 aromatic rings. The summed E-state index contributed by atoms with van der Waals surface area (Å²) < 4.78 is 13.2. The van der Waals surface area contributed by atoms with Crippen molar-refractivity contribution < 1.29 is 26.4 Å². The van der Waals surface area contributed by atoms with Gasteiger partial charge in [0.25, 0.3) is 0 Å². The summed E-state index contributed by atoms with van der Waals surface area (Å²) in [7, 11) is 3.42. The molecule has 1 aliphatic carbocycles. The molecular formula is C34H38Cl2N2O2. The number of pyridine rings is 1. The van der Waals surface area contributed by atoms with Gasteiger partial charge in [0, 0.05) is 41.0 Å². The molecule has 1 aliphatic heterocycles. The molecule has 6 heteroatoms. The highest BCUT2D eigenvalue weighted by Gasteiger charge is 2.22. The number of rotatable bonds is 8. The third kappa shape index (κ3) is 6.09. The number of nitrogens with zero attached hydrogens (tertiary/aromatic N) is 2. The van der Waals surface area contributed by atoms with Crippen LogP contribution < -0.4 is 31.3 Å². The van der Waals surface area contributed by atoms with Crippen LogP contribution in [0.25, 0.3) is 23.1 Å². The van der Waals surface area contributed by atoms with Gasteiger partial charge in [-0.05, 0) is 87.1 Å². The fourth-order valence-electron chi connectivity index (χ4n) is 5.80. The molecule has 5 rings (SSSR count). The second-order valence-electron chi connectivity index (χ2n) is 10.1. The van der Waals surface area contributed by atoms with E-state index in [0.717, 1.165) is 55.3 Å². The summed E-state index contributed by atoms with van der Waals surface area (Å²) in [5.74, 6) is 1.77. The molecule has 0 bridgehead atoms. The van der Waals surface area contributed by atoms with Gasteiger partial charge in [-0.1, -0.05) is 35.9 Å². The molecule has 0 saturated heterocycles. The van der Waals surface area contributed by atoms with E-state index < -0.39 is 0 Å². The molecule has 1 aromatic heterocycles. The van der Waals surface area contributed by atoms with E-state index in [1.54, 1.807) is 14.2 Å². The Labute approximate surface area is 249 Å². The first kappa shape index (κ1) is 29.8. The molecule has 0 N–H and O–H groups in total. The van der Waals surface area contributed by atoms with Crippen molar-refractivity contribution in [3.63, 3.8) is 0 Å². The summed E-state index contributed by atoms with van der Waals surface area (Å²) >= 11 is 7.01. The lowest BCUT2D eigenvalue weighted by atomic mass is 9.92. The predicted molar refractivity (Wildman–Crippen MR) is 164 cm³/mol. The number of aromatic nitrogens is 1. The number of hydrogen-bond donors (Lipinski definition) is 0. The van der Waals surface area contributed by atoms with Gasteiger partial charge in [-0.3, -0.25) is 0 Å². The Morgan fingerprint density at radius 3 is 2.50 bits per heavy atom. The number of methoxy groups -OCH3 is 2. The van der Waals surface area contributed by atoms with E-state index in [-0.39, 0.29) is 12.4 Å². The van der Waals surface area contributed by atoms with Gasteiger partial charge in [-0.15, -0.1) is 0 Å². The molecule has 1 atom stereocenters. The zero-order chi connectivity index (χ0) is 27.4. The van der Waals surface area contributed by atoms with Crippen LogP contribution in [0.1, 0.15) is 50.8 Å². The maximum Gasteiger partial charge on any atom is 0.213 e. The molecule has 0 spiro atoms. The molecule has 1 unspecified atom stereocenters. The summed E-state index contributed by atoms with van der Waals surface area (Å²) in [4.78, 5) is 2.46. The largest absolute Gasteiger partial charge is 1.00 e. The number of ether oxygens (including phenoxy) is 2. The minimum absolute atomic E-state index is 0. The van der Waals surface area contributed by atoms with Crippen molar-refractivity contribution in [2.24, 2.45) is 0 Å². The zero-order valence-electron chi connectivity index (χ0n) is 23.8. The van der Waals surface area contributed by atoms with Gasteiger partial charge in [0.1, 0.15) is 18.0 Å². The molecule has 0 saturated carbocycles. The van der Waals surface area contributed by atoms with Crippen LogP contribution in [0.5, 0.6) is 11.5 Å². The number of allylic oxidation sites excluding steroid dienone is 4. The number of anilines is 1. The average molecular weight is 578 g/mol. The Morgan fingerprint density at radius 2 is 1.75 bits per heavy atom. The van der Waals surface area contributed by atoms with E-state index >= 15 is 0 Å². The van der Waals surface area contributed by atoms with E-state index in [4.69, 9.17) is 21.1 Å². The second kappa shape index (κ2) is 13.4. The molecule has 0 fully saturated rings. The second-order valence-corrected chi connectivity index (χ2v) is 10.4. The molecule has 0 amide bonds. The van der Waals surface area contributed by atoms with Crippen LogP contribution in [0.15, 0.2) is 82.9 Å². The number of aryl methyl sites for hydroxylation is 1. The normalized spacial score (nSPS) is 17.9. The smallest absolute Gasteiger partial charge is 0.213 e. The van der Waals surface area contributed by atoms with Gasteiger partial charge in [0.15, 0.2) is 0 Å². The monoisotopic (exact) mass is 576 g/mol. The molecule has 40 heavy (non-hydrogen) atoms. The summed E-state index contributed by atoms with van der Waals surface area (Å²) in [6.45, 7) is 6.24. The molecule has 0 radical (unpaired) electrons. The third-order valence-corrected chi connectivity index (χ3v) is 8.37. The van der Waals surface area contributed by atoms with Gasteiger partial charge < -0.3 is 26.8 Å². The Kier molecular flexibility index (Phi) is 9.99. The summed E-state index contributed by atoms with van der Waals surface area (Å²) in [6.07, 6.45) is 15.4. The summed E-state index contributed by atoms with van der Waals surface area (Å²) in [5, 5.41) is 2.09. The topological polar surface area (TPSA) is 25.6 Å². The van der Waals surface area contributed by atoms with E-state index in [1.807, 2.05) is 12.1 Å². The molecule has 2 aromatic carbocycles. The van der Waals surface area contributed by atoms with E-state index in [9.17, 15) is 0 Å². The van der Waals surface area contributed by atoms with E-state index in [1.165, 1.54) is 39.0 Å². The Hall–Kier alpha value is -3.21. The van der Waals surface area contributed by atoms with Crippen LogP contribution in [0, 0.1) is 0 Å². The Balaban J connectivity index is 0.00000370. The van der Waals surface area contributed by atoms with E-state index in [2.05, 4.69) is 90.1 Å². The van der Waals surface area contributed by atoms with Crippen molar-refractivity contribution in [2.45, 2.75) is 52.1 Å². The summed E-state index contributed by atoms with van der Waals surface area (Å²) in [5.41, 5.74) is 7.32.